The summed E-state index contributed by atoms with van der Waals surface area (Å²) in [4.78, 5) is 4.14. The summed E-state index contributed by atoms with van der Waals surface area (Å²) >= 11 is 0. The monoisotopic (exact) mass is 335 g/mol. The van der Waals surface area contributed by atoms with Crippen molar-refractivity contribution in [1.29, 1.82) is 5.26 Å². The van der Waals surface area contributed by atoms with E-state index in [-0.39, 0.29) is 5.56 Å². The number of rotatable bonds is 3. The fourth-order valence-electron chi connectivity index (χ4n) is 2.44. The van der Waals surface area contributed by atoms with E-state index in [1.54, 1.807) is 18.2 Å². The van der Waals surface area contributed by atoms with Gasteiger partial charge < -0.3 is 0 Å². The van der Waals surface area contributed by atoms with Crippen LogP contribution in [0, 0.1) is 11.3 Å². The minimum absolute atomic E-state index is 0.0524. The Morgan fingerprint density at radius 3 is 1.96 bits per heavy atom. The molecule has 118 valence electrons. The highest BCUT2D eigenvalue weighted by molar-refractivity contribution is 7.89. The fraction of sp³-hybridized carbons (Fsp3) is 0. The number of primary sulfonamides is 1. The second-order valence-electron chi connectivity index (χ2n) is 5.12. The Bertz CT molecular complexity index is 1030. The predicted molar refractivity (Wildman–Crippen MR) is 91.2 cm³/mol. The van der Waals surface area contributed by atoms with E-state index >= 15 is 0 Å². The van der Waals surface area contributed by atoms with Crippen LogP contribution in [-0.4, -0.2) is 13.4 Å². The van der Waals surface area contributed by atoms with Gasteiger partial charge in [-0.05, 0) is 11.6 Å². The molecule has 0 spiro atoms. The van der Waals surface area contributed by atoms with Gasteiger partial charge in [0.2, 0.25) is 0 Å². The van der Waals surface area contributed by atoms with E-state index in [9.17, 15) is 13.7 Å². The van der Waals surface area contributed by atoms with E-state index in [1.807, 2.05) is 54.6 Å². The van der Waals surface area contributed by atoms with Crippen molar-refractivity contribution in [1.82, 2.24) is 4.98 Å². The molecular formula is C18H13N3O2S. The van der Waals surface area contributed by atoms with E-state index in [2.05, 4.69) is 4.98 Å². The predicted octanol–water partition coefficient (Wildman–Crippen LogP) is 2.93. The topological polar surface area (TPSA) is 96.8 Å². The minimum Gasteiger partial charge on any atom is -0.234 e. The van der Waals surface area contributed by atoms with E-state index < -0.39 is 15.0 Å². The van der Waals surface area contributed by atoms with Gasteiger partial charge in [-0.25, -0.2) is 18.5 Å². The number of nitrogens with zero attached hydrogens (tertiary/aromatic N) is 2. The Balaban J connectivity index is 2.38. The third-order valence-corrected chi connectivity index (χ3v) is 4.36. The first-order valence-electron chi connectivity index (χ1n) is 7.09. The van der Waals surface area contributed by atoms with Crippen LogP contribution in [0.3, 0.4) is 0 Å². The lowest BCUT2D eigenvalue weighted by molar-refractivity contribution is 0.594. The van der Waals surface area contributed by atoms with Crippen molar-refractivity contribution in [3.05, 3.63) is 72.3 Å². The highest BCUT2D eigenvalue weighted by Crippen LogP contribution is 2.31. The maximum absolute atomic E-state index is 11.9. The van der Waals surface area contributed by atoms with Crippen LogP contribution in [0.5, 0.6) is 0 Å². The average Bonchev–Trinajstić information content (AvgIpc) is 2.61. The zero-order valence-corrected chi connectivity index (χ0v) is 13.4. The van der Waals surface area contributed by atoms with Gasteiger partial charge in [-0.15, -0.1) is 0 Å². The van der Waals surface area contributed by atoms with Gasteiger partial charge in [-0.2, -0.15) is 5.26 Å². The highest BCUT2D eigenvalue weighted by Gasteiger charge is 2.22. The van der Waals surface area contributed by atoms with Gasteiger partial charge in [0.05, 0.1) is 11.3 Å². The van der Waals surface area contributed by atoms with Crippen LogP contribution in [0.15, 0.2) is 71.8 Å². The Morgan fingerprint density at radius 1 is 0.917 bits per heavy atom. The lowest BCUT2D eigenvalue weighted by Crippen LogP contribution is -2.17. The summed E-state index contributed by atoms with van der Waals surface area (Å²) in [5.41, 5.74) is 2.33. The highest BCUT2D eigenvalue weighted by atomic mass is 32.2. The van der Waals surface area contributed by atoms with Gasteiger partial charge in [0.25, 0.3) is 10.0 Å². The number of pyridine rings is 1. The molecule has 0 radical (unpaired) electrons. The number of hydrogen-bond acceptors (Lipinski definition) is 4. The molecule has 1 heterocycles. The summed E-state index contributed by atoms with van der Waals surface area (Å²) in [7, 11) is -4.14. The normalized spacial score (nSPS) is 11.0. The summed E-state index contributed by atoms with van der Waals surface area (Å²) in [6.45, 7) is 0. The zero-order chi connectivity index (χ0) is 17.2. The lowest BCUT2D eigenvalue weighted by atomic mass is 9.99. The number of sulfonamides is 1. The van der Waals surface area contributed by atoms with Crippen molar-refractivity contribution in [3.8, 4) is 28.5 Å². The molecule has 0 bridgehead atoms. The first-order chi connectivity index (χ1) is 11.5. The molecule has 3 aromatic rings. The molecule has 6 heteroatoms. The molecule has 1 aromatic heterocycles. The summed E-state index contributed by atoms with van der Waals surface area (Å²) in [6.07, 6.45) is 0. The third-order valence-electron chi connectivity index (χ3n) is 3.52. The Hall–Kier alpha value is -3.01. The van der Waals surface area contributed by atoms with Crippen molar-refractivity contribution >= 4 is 10.0 Å². The van der Waals surface area contributed by atoms with Crippen LogP contribution in [-0.2, 0) is 10.0 Å². The Morgan fingerprint density at radius 2 is 1.46 bits per heavy atom. The van der Waals surface area contributed by atoms with Gasteiger partial charge in [0.15, 0.2) is 5.03 Å². The van der Waals surface area contributed by atoms with Crippen LogP contribution in [0.25, 0.3) is 22.4 Å². The lowest BCUT2D eigenvalue weighted by Gasteiger charge is -2.11. The van der Waals surface area contributed by atoms with Crippen molar-refractivity contribution in [2.24, 2.45) is 5.14 Å². The van der Waals surface area contributed by atoms with E-state index in [0.717, 1.165) is 11.1 Å². The van der Waals surface area contributed by atoms with Crippen LogP contribution >= 0.6 is 0 Å². The molecule has 0 unspecified atom stereocenters. The molecule has 3 rings (SSSR count). The van der Waals surface area contributed by atoms with Crippen molar-refractivity contribution in [2.45, 2.75) is 5.03 Å². The van der Waals surface area contributed by atoms with Crippen LogP contribution < -0.4 is 5.14 Å². The summed E-state index contributed by atoms with van der Waals surface area (Å²) < 4.78 is 23.9. The van der Waals surface area contributed by atoms with Crippen LogP contribution in [0.2, 0.25) is 0 Å². The van der Waals surface area contributed by atoms with Gasteiger partial charge in [0, 0.05) is 11.1 Å². The summed E-state index contributed by atoms with van der Waals surface area (Å²) in [6, 6.07) is 21.9. The summed E-state index contributed by atoms with van der Waals surface area (Å²) in [5, 5.41) is 14.3. The van der Waals surface area contributed by atoms with E-state index in [4.69, 9.17) is 5.14 Å². The number of nitrogens with two attached hydrogens (primary N) is 1. The molecule has 0 aliphatic carbocycles. The molecule has 0 aliphatic heterocycles. The molecule has 0 atom stereocenters. The quantitative estimate of drug-likeness (QED) is 0.795. The molecule has 0 saturated carbocycles. The van der Waals surface area contributed by atoms with Gasteiger partial charge in [-0.1, -0.05) is 60.7 Å². The van der Waals surface area contributed by atoms with Crippen molar-refractivity contribution in [2.75, 3.05) is 0 Å². The van der Waals surface area contributed by atoms with Crippen LogP contribution in [0.1, 0.15) is 5.56 Å². The molecular weight excluding hydrogens is 322 g/mol. The molecule has 5 nitrogen and oxygen atoms in total. The average molecular weight is 335 g/mol. The number of hydrogen-bond donors (Lipinski definition) is 1. The molecule has 0 fully saturated rings. The SMILES string of the molecule is N#Cc1c(-c2ccccc2)cc(-c2ccccc2)nc1S(N)(=O)=O. The fourth-order valence-corrected chi connectivity index (χ4v) is 3.10. The van der Waals surface area contributed by atoms with Gasteiger partial charge >= 0.3 is 0 Å². The largest absolute Gasteiger partial charge is 0.256 e. The number of aromatic nitrogens is 1. The van der Waals surface area contributed by atoms with Crippen LogP contribution in [0.4, 0.5) is 0 Å². The van der Waals surface area contributed by atoms with E-state index in [1.165, 1.54) is 0 Å². The maximum Gasteiger partial charge on any atom is 0.256 e. The standard InChI is InChI=1S/C18H13N3O2S/c19-12-16-15(13-7-3-1-4-8-13)11-17(14-9-5-2-6-10-14)21-18(16)24(20,22)23/h1-11H,(H2,20,22,23). The number of nitriles is 1. The zero-order valence-electron chi connectivity index (χ0n) is 12.5. The molecule has 0 aliphatic rings. The van der Waals surface area contributed by atoms with Gasteiger partial charge in [-0.3, -0.25) is 0 Å². The third kappa shape index (κ3) is 3.04. The van der Waals surface area contributed by atoms with E-state index in [0.29, 0.717) is 11.3 Å². The first-order valence-corrected chi connectivity index (χ1v) is 8.64. The van der Waals surface area contributed by atoms with Gasteiger partial charge in [0.1, 0.15) is 6.07 Å². The number of benzene rings is 2. The van der Waals surface area contributed by atoms with Crippen molar-refractivity contribution < 1.29 is 8.42 Å². The molecule has 2 aromatic carbocycles. The summed E-state index contributed by atoms with van der Waals surface area (Å²) in [5.74, 6) is 0. The maximum atomic E-state index is 11.9. The molecule has 24 heavy (non-hydrogen) atoms. The second-order valence-corrected chi connectivity index (χ2v) is 6.60. The molecule has 0 saturated heterocycles. The Labute approximate surface area is 140 Å². The second kappa shape index (κ2) is 6.24. The molecule has 2 N–H and O–H groups in total. The minimum atomic E-state index is -4.14. The smallest absolute Gasteiger partial charge is 0.234 e. The Kier molecular flexibility index (Phi) is 4.13. The first kappa shape index (κ1) is 15.9. The van der Waals surface area contributed by atoms with Crippen molar-refractivity contribution in [3.63, 3.8) is 0 Å². The molecule has 0 amide bonds.